The Morgan fingerprint density at radius 2 is 1.90 bits per heavy atom. The molecule has 31 heavy (non-hydrogen) atoms. The maximum Gasteiger partial charge on any atom is 0.223 e. The van der Waals surface area contributed by atoms with E-state index < -0.39 is 10.0 Å². The molecule has 2 N–H and O–H groups in total. The molecule has 2 saturated heterocycles. The summed E-state index contributed by atoms with van der Waals surface area (Å²) in [6.07, 6.45) is 6.28. The highest BCUT2D eigenvalue weighted by Gasteiger charge is 2.23. The van der Waals surface area contributed by atoms with Gasteiger partial charge in [-0.2, -0.15) is 0 Å². The Labute approximate surface area is 187 Å². The molecule has 1 unspecified atom stereocenters. The molecule has 180 valence electrons. The summed E-state index contributed by atoms with van der Waals surface area (Å²) in [4.78, 5) is 27.0. The minimum Gasteiger partial charge on any atom is -0.378 e. The summed E-state index contributed by atoms with van der Waals surface area (Å²) >= 11 is 0. The molecule has 0 bridgehead atoms. The quantitative estimate of drug-likeness (QED) is 0.513. The number of rotatable bonds is 8. The molecular formula is C21H40N4O5S. The molecule has 0 radical (unpaired) electrons. The minimum absolute atomic E-state index is 0.0318. The van der Waals surface area contributed by atoms with Gasteiger partial charge < -0.3 is 20.3 Å². The number of sulfonamides is 1. The van der Waals surface area contributed by atoms with Crippen LogP contribution in [0.1, 0.15) is 51.9 Å². The van der Waals surface area contributed by atoms with Crippen molar-refractivity contribution in [3.05, 3.63) is 0 Å². The SMILES string of the molecule is CCN1CCC(OCCCNC(=O)C2CCCN(S(C)(=O)=O)CCC(=O)NCC2)CC1. The van der Waals surface area contributed by atoms with Gasteiger partial charge >= 0.3 is 0 Å². The summed E-state index contributed by atoms with van der Waals surface area (Å²) in [5.41, 5.74) is 0. The second-order valence-electron chi connectivity index (χ2n) is 8.54. The molecular weight excluding hydrogens is 420 g/mol. The van der Waals surface area contributed by atoms with E-state index in [0.29, 0.717) is 51.6 Å². The number of ether oxygens (including phenoxy) is 1. The van der Waals surface area contributed by atoms with Gasteiger partial charge in [0.15, 0.2) is 0 Å². The first kappa shape index (κ1) is 26.0. The lowest BCUT2D eigenvalue weighted by Gasteiger charge is -2.30. The molecule has 0 aromatic rings. The van der Waals surface area contributed by atoms with Crippen LogP contribution in [0.5, 0.6) is 0 Å². The third-order valence-corrected chi connectivity index (χ3v) is 7.46. The average Bonchev–Trinajstić information content (AvgIpc) is 2.77. The van der Waals surface area contributed by atoms with E-state index in [9.17, 15) is 18.0 Å². The van der Waals surface area contributed by atoms with Crippen LogP contribution in [0.4, 0.5) is 0 Å². The lowest BCUT2D eigenvalue weighted by molar-refractivity contribution is -0.126. The van der Waals surface area contributed by atoms with Crippen LogP contribution >= 0.6 is 0 Å². The highest BCUT2D eigenvalue weighted by molar-refractivity contribution is 7.88. The van der Waals surface area contributed by atoms with Crippen LogP contribution in [0.15, 0.2) is 0 Å². The number of nitrogens with one attached hydrogen (secondary N) is 2. The predicted molar refractivity (Wildman–Crippen MR) is 120 cm³/mol. The Morgan fingerprint density at radius 1 is 1.16 bits per heavy atom. The van der Waals surface area contributed by atoms with E-state index in [0.717, 1.165) is 45.2 Å². The number of carbonyl (C=O) groups is 2. The fourth-order valence-electron chi connectivity index (χ4n) is 4.13. The topological polar surface area (TPSA) is 108 Å². The molecule has 1 atom stereocenters. The van der Waals surface area contributed by atoms with Crippen LogP contribution < -0.4 is 10.6 Å². The second kappa shape index (κ2) is 13.3. The second-order valence-corrected chi connectivity index (χ2v) is 10.5. The first-order valence-electron chi connectivity index (χ1n) is 11.6. The molecule has 2 aliphatic rings. The zero-order chi connectivity index (χ0) is 22.7. The van der Waals surface area contributed by atoms with Crippen LogP contribution in [-0.2, 0) is 24.3 Å². The van der Waals surface area contributed by atoms with Crippen LogP contribution in [0, 0.1) is 5.92 Å². The van der Waals surface area contributed by atoms with Crippen LogP contribution in [-0.4, -0.2) is 94.2 Å². The normalized spacial score (nSPS) is 23.7. The summed E-state index contributed by atoms with van der Waals surface area (Å²) in [6, 6.07) is 0. The van der Waals surface area contributed by atoms with Gasteiger partial charge in [-0.25, -0.2) is 12.7 Å². The summed E-state index contributed by atoms with van der Waals surface area (Å²) < 4.78 is 31.1. The standard InChI is InChI=1S/C21H40N4O5S/c1-3-24-14-8-19(9-15-24)30-17-5-11-23-21(27)18-6-4-13-25(31(2,28)29)16-10-20(26)22-12-7-18/h18-19H,3-17H2,1-2H3,(H,22,26)(H,23,27). The van der Waals surface area contributed by atoms with E-state index in [1.54, 1.807) is 0 Å². The minimum atomic E-state index is -3.36. The summed E-state index contributed by atoms with van der Waals surface area (Å²) in [5, 5.41) is 5.78. The number of amides is 2. The van der Waals surface area contributed by atoms with E-state index in [1.165, 1.54) is 4.31 Å². The Kier molecular flexibility index (Phi) is 11.2. The number of carbonyl (C=O) groups excluding carboxylic acids is 2. The largest absolute Gasteiger partial charge is 0.378 e. The van der Waals surface area contributed by atoms with Crippen molar-refractivity contribution >= 4 is 21.8 Å². The zero-order valence-corrected chi connectivity index (χ0v) is 19.9. The van der Waals surface area contributed by atoms with Gasteiger partial charge in [0.25, 0.3) is 0 Å². The average molecular weight is 461 g/mol. The number of likely N-dealkylation sites (tertiary alicyclic amines) is 1. The Hall–Kier alpha value is -1.23. The lowest BCUT2D eigenvalue weighted by atomic mass is 9.98. The molecule has 2 heterocycles. The Bertz CT molecular complexity index is 665. The fourth-order valence-corrected chi connectivity index (χ4v) is 5.02. The third-order valence-electron chi connectivity index (χ3n) is 6.16. The van der Waals surface area contributed by atoms with Crippen molar-refractivity contribution in [3.8, 4) is 0 Å². The smallest absolute Gasteiger partial charge is 0.223 e. The van der Waals surface area contributed by atoms with Gasteiger partial charge in [0, 0.05) is 58.2 Å². The van der Waals surface area contributed by atoms with Crippen molar-refractivity contribution in [1.82, 2.24) is 19.8 Å². The highest BCUT2D eigenvalue weighted by atomic mass is 32.2. The van der Waals surface area contributed by atoms with Gasteiger partial charge in [0.2, 0.25) is 21.8 Å². The number of hydrogen-bond acceptors (Lipinski definition) is 6. The Balaban J connectivity index is 1.70. The van der Waals surface area contributed by atoms with E-state index in [1.807, 2.05) is 0 Å². The highest BCUT2D eigenvalue weighted by Crippen LogP contribution is 2.15. The van der Waals surface area contributed by atoms with Crippen LogP contribution in [0.3, 0.4) is 0 Å². The van der Waals surface area contributed by atoms with Crippen molar-refractivity contribution in [3.63, 3.8) is 0 Å². The van der Waals surface area contributed by atoms with Gasteiger partial charge in [-0.1, -0.05) is 6.92 Å². The molecule has 0 aliphatic carbocycles. The van der Waals surface area contributed by atoms with Crippen molar-refractivity contribution < 1.29 is 22.7 Å². The molecule has 2 aliphatic heterocycles. The maximum absolute atomic E-state index is 12.6. The third kappa shape index (κ3) is 9.84. The molecule has 2 rings (SSSR count). The molecule has 0 aromatic carbocycles. The monoisotopic (exact) mass is 460 g/mol. The van der Waals surface area contributed by atoms with Crippen molar-refractivity contribution in [2.45, 2.75) is 58.0 Å². The van der Waals surface area contributed by atoms with Gasteiger partial charge in [0.05, 0.1) is 12.4 Å². The van der Waals surface area contributed by atoms with E-state index in [2.05, 4.69) is 22.5 Å². The van der Waals surface area contributed by atoms with Gasteiger partial charge in [-0.05, 0) is 45.1 Å². The molecule has 2 amide bonds. The summed E-state index contributed by atoms with van der Waals surface area (Å²) in [7, 11) is -3.36. The summed E-state index contributed by atoms with van der Waals surface area (Å²) in [6.45, 7) is 7.59. The number of piperidine rings is 1. The predicted octanol–water partition coefficient (Wildman–Crippen LogP) is 0.562. The van der Waals surface area contributed by atoms with Gasteiger partial charge in [-0.15, -0.1) is 0 Å². The zero-order valence-electron chi connectivity index (χ0n) is 19.1. The van der Waals surface area contributed by atoms with Crippen molar-refractivity contribution in [2.24, 2.45) is 5.92 Å². The van der Waals surface area contributed by atoms with Crippen molar-refractivity contribution in [1.29, 1.82) is 0 Å². The fraction of sp³-hybridized carbons (Fsp3) is 0.905. The molecule has 0 aromatic heterocycles. The molecule has 9 nitrogen and oxygen atoms in total. The first-order chi connectivity index (χ1) is 14.8. The van der Waals surface area contributed by atoms with Crippen LogP contribution in [0.2, 0.25) is 0 Å². The van der Waals surface area contributed by atoms with E-state index >= 15 is 0 Å². The summed E-state index contributed by atoms with van der Waals surface area (Å²) in [5.74, 6) is -0.452. The Morgan fingerprint density at radius 3 is 2.58 bits per heavy atom. The van der Waals surface area contributed by atoms with Gasteiger partial charge in [-0.3, -0.25) is 9.59 Å². The van der Waals surface area contributed by atoms with Gasteiger partial charge in [0.1, 0.15) is 0 Å². The van der Waals surface area contributed by atoms with E-state index in [-0.39, 0.29) is 30.7 Å². The molecule has 0 saturated carbocycles. The number of hydrogen-bond donors (Lipinski definition) is 2. The van der Waals surface area contributed by atoms with Crippen molar-refractivity contribution in [2.75, 3.05) is 58.7 Å². The maximum atomic E-state index is 12.6. The lowest BCUT2D eigenvalue weighted by Crippen LogP contribution is -2.37. The number of nitrogens with zero attached hydrogens (tertiary/aromatic N) is 2. The first-order valence-corrected chi connectivity index (χ1v) is 13.5. The van der Waals surface area contributed by atoms with Crippen LogP contribution in [0.25, 0.3) is 0 Å². The molecule has 10 heteroatoms. The molecule has 0 spiro atoms. The van der Waals surface area contributed by atoms with E-state index in [4.69, 9.17) is 4.74 Å². The molecule has 2 fully saturated rings.